The molecular formula is C15H20N4O2S. The molecule has 1 N–H and O–H groups in total. The lowest BCUT2D eigenvalue weighted by molar-refractivity contribution is -0.117. The molecule has 2 aromatic rings. The van der Waals surface area contributed by atoms with Crippen molar-refractivity contribution in [2.45, 2.75) is 45.2 Å². The van der Waals surface area contributed by atoms with Gasteiger partial charge in [-0.25, -0.2) is 4.98 Å². The number of thiazole rings is 1. The third-order valence-corrected chi connectivity index (χ3v) is 4.12. The highest BCUT2D eigenvalue weighted by Gasteiger charge is 2.15. The van der Waals surface area contributed by atoms with Crippen molar-refractivity contribution in [2.75, 3.05) is 0 Å². The number of nitrogens with one attached hydrogen (secondary N) is 1. The van der Waals surface area contributed by atoms with Crippen LogP contribution in [0.4, 0.5) is 0 Å². The van der Waals surface area contributed by atoms with Crippen molar-refractivity contribution < 1.29 is 9.59 Å². The Hall–Kier alpha value is -2.02. The highest BCUT2D eigenvalue weighted by atomic mass is 32.1. The topological polar surface area (TPSA) is 76.9 Å². The molecule has 0 unspecified atom stereocenters. The molecule has 2 rings (SSSR count). The van der Waals surface area contributed by atoms with Gasteiger partial charge in [-0.2, -0.15) is 0 Å². The van der Waals surface area contributed by atoms with Crippen LogP contribution in [-0.2, 0) is 4.79 Å². The van der Waals surface area contributed by atoms with E-state index in [1.165, 1.54) is 11.3 Å². The largest absolute Gasteiger partial charge is 0.331 e. The lowest BCUT2D eigenvalue weighted by Gasteiger charge is -2.19. The smallest absolute Gasteiger partial charge is 0.264 e. The van der Waals surface area contributed by atoms with E-state index in [1.807, 2.05) is 10.8 Å². The average molecular weight is 320 g/mol. The van der Waals surface area contributed by atoms with Crippen molar-refractivity contribution >= 4 is 23.0 Å². The van der Waals surface area contributed by atoms with Gasteiger partial charge < -0.3 is 14.7 Å². The molecule has 0 saturated heterocycles. The van der Waals surface area contributed by atoms with Crippen LogP contribution in [0.3, 0.4) is 0 Å². The maximum Gasteiger partial charge on any atom is 0.264 e. The van der Waals surface area contributed by atoms with E-state index in [4.69, 9.17) is 0 Å². The first-order valence-corrected chi connectivity index (χ1v) is 8.21. The molecule has 0 aromatic carbocycles. The van der Waals surface area contributed by atoms with Crippen LogP contribution in [0.5, 0.6) is 0 Å². The first-order valence-electron chi connectivity index (χ1n) is 7.33. The average Bonchev–Trinajstić information content (AvgIpc) is 3.18. The maximum absolute atomic E-state index is 12.2. The molecule has 0 aliphatic rings. The first-order chi connectivity index (χ1) is 10.7. The Bertz CT molecular complexity index is 581. The van der Waals surface area contributed by atoms with Gasteiger partial charge in [0.05, 0.1) is 18.0 Å². The van der Waals surface area contributed by atoms with Crippen LogP contribution in [0.1, 0.15) is 54.9 Å². The number of hydrogen-bond donors (Lipinski definition) is 1. The SMILES string of the molecule is CC(=O)CCCCC[C@@H](NC(=O)c1cncs1)n1ccnc1. The molecular weight excluding hydrogens is 300 g/mol. The van der Waals surface area contributed by atoms with Crippen molar-refractivity contribution in [1.29, 1.82) is 0 Å². The Morgan fingerprint density at radius 3 is 2.82 bits per heavy atom. The standard InChI is InChI=1S/C15H20N4O2S/c1-12(20)5-3-2-4-6-14(19-8-7-16-10-19)18-15(21)13-9-17-11-22-13/h7-11,14H,2-6H2,1H3,(H,18,21)/t14-/m0/s1. The van der Waals surface area contributed by atoms with Gasteiger partial charge in [0.15, 0.2) is 0 Å². The van der Waals surface area contributed by atoms with Gasteiger partial charge in [-0.3, -0.25) is 9.78 Å². The summed E-state index contributed by atoms with van der Waals surface area (Å²) >= 11 is 1.32. The minimum absolute atomic E-state index is 0.120. The number of hydrogen-bond acceptors (Lipinski definition) is 5. The summed E-state index contributed by atoms with van der Waals surface area (Å²) in [6.07, 6.45) is 10.9. The number of amides is 1. The molecule has 1 amide bonds. The number of imidazole rings is 1. The number of aromatic nitrogens is 3. The summed E-state index contributed by atoms with van der Waals surface area (Å²) < 4.78 is 1.89. The molecule has 0 radical (unpaired) electrons. The van der Waals surface area contributed by atoms with E-state index >= 15 is 0 Å². The van der Waals surface area contributed by atoms with E-state index in [1.54, 1.807) is 31.2 Å². The zero-order valence-electron chi connectivity index (χ0n) is 12.6. The maximum atomic E-state index is 12.2. The lowest BCUT2D eigenvalue weighted by atomic mass is 10.1. The predicted molar refractivity (Wildman–Crippen MR) is 84.6 cm³/mol. The summed E-state index contributed by atoms with van der Waals surface area (Å²) in [4.78, 5) is 31.7. The molecule has 6 nitrogen and oxygen atoms in total. The van der Waals surface area contributed by atoms with Gasteiger partial charge in [0.25, 0.3) is 5.91 Å². The second-order valence-corrected chi connectivity index (χ2v) is 6.05. The molecule has 0 fully saturated rings. The van der Waals surface area contributed by atoms with Gasteiger partial charge in [0.2, 0.25) is 0 Å². The number of carbonyl (C=O) groups excluding carboxylic acids is 2. The van der Waals surface area contributed by atoms with Crippen LogP contribution < -0.4 is 5.32 Å². The summed E-state index contributed by atoms with van der Waals surface area (Å²) in [5.74, 6) is 0.106. The molecule has 7 heteroatoms. The molecule has 118 valence electrons. The van der Waals surface area contributed by atoms with Crippen molar-refractivity contribution in [3.63, 3.8) is 0 Å². The van der Waals surface area contributed by atoms with E-state index in [-0.39, 0.29) is 17.9 Å². The van der Waals surface area contributed by atoms with Gasteiger partial charge in [-0.15, -0.1) is 11.3 Å². The Labute approximate surface area is 133 Å². The zero-order valence-corrected chi connectivity index (χ0v) is 13.4. The van der Waals surface area contributed by atoms with Gasteiger partial charge >= 0.3 is 0 Å². The number of Topliss-reactive ketones (excluding diaryl/α,β-unsaturated/α-hetero) is 1. The van der Waals surface area contributed by atoms with Crippen LogP contribution in [0, 0.1) is 0 Å². The fourth-order valence-corrected chi connectivity index (χ4v) is 2.71. The number of carbonyl (C=O) groups is 2. The van der Waals surface area contributed by atoms with Gasteiger partial charge in [0.1, 0.15) is 16.8 Å². The fourth-order valence-electron chi connectivity index (χ4n) is 2.19. The molecule has 22 heavy (non-hydrogen) atoms. The Balaban J connectivity index is 1.87. The van der Waals surface area contributed by atoms with E-state index in [9.17, 15) is 9.59 Å². The molecule has 0 aliphatic carbocycles. The van der Waals surface area contributed by atoms with E-state index in [2.05, 4.69) is 15.3 Å². The van der Waals surface area contributed by atoms with E-state index in [0.717, 1.165) is 25.7 Å². The second kappa shape index (κ2) is 8.43. The summed E-state index contributed by atoms with van der Waals surface area (Å²) in [5, 5.41) is 3.01. The van der Waals surface area contributed by atoms with Crippen molar-refractivity contribution in [2.24, 2.45) is 0 Å². The second-order valence-electron chi connectivity index (χ2n) is 5.17. The third kappa shape index (κ3) is 5.07. The predicted octanol–water partition coefficient (Wildman–Crippen LogP) is 2.81. The Kier molecular flexibility index (Phi) is 6.27. The van der Waals surface area contributed by atoms with Crippen molar-refractivity contribution in [1.82, 2.24) is 19.9 Å². The van der Waals surface area contributed by atoms with Gasteiger partial charge in [-0.05, 0) is 26.2 Å². The Morgan fingerprint density at radius 2 is 2.18 bits per heavy atom. The Morgan fingerprint density at radius 1 is 1.32 bits per heavy atom. The highest BCUT2D eigenvalue weighted by Crippen LogP contribution is 2.15. The van der Waals surface area contributed by atoms with Crippen LogP contribution in [0.2, 0.25) is 0 Å². The summed E-state index contributed by atoms with van der Waals surface area (Å²) in [7, 11) is 0. The number of ketones is 1. The van der Waals surface area contributed by atoms with Crippen LogP contribution in [-0.4, -0.2) is 26.2 Å². The highest BCUT2D eigenvalue weighted by molar-refractivity contribution is 7.11. The lowest BCUT2D eigenvalue weighted by Crippen LogP contribution is -2.31. The molecule has 2 aromatic heterocycles. The molecule has 0 spiro atoms. The summed E-state index contributed by atoms with van der Waals surface area (Å²) in [6, 6.07) is 0. The number of unbranched alkanes of at least 4 members (excludes halogenated alkanes) is 2. The number of rotatable bonds is 9. The van der Waals surface area contributed by atoms with Crippen LogP contribution in [0.15, 0.2) is 30.4 Å². The van der Waals surface area contributed by atoms with Crippen molar-refractivity contribution in [3.05, 3.63) is 35.3 Å². The summed E-state index contributed by atoms with van der Waals surface area (Å²) in [6.45, 7) is 1.61. The molecule has 0 bridgehead atoms. The monoisotopic (exact) mass is 320 g/mol. The first kappa shape index (κ1) is 16.4. The van der Waals surface area contributed by atoms with E-state index in [0.29, 0.717) is 11.3 Å². The number of nitrogens with zero attached hydrogens (tertiary/aromatic N) is 3. The van der Waals surface area contributed by atoms with Gasteiger partial charge in [-0.1, -0.05) is 6.42 Å². The van der Waals surface area contributed by atoms with Crippen molar-refractivity contribution in [3.8, 4) is 0 Å². The molecule has 0 aliphatic heterocycles. The molecule has 1 atom stereocenters. The minimum atomic E-state index is -0.130. The normalized spacial score (nSPS) is 12.0. The minimum Gasteiger partial charge on any atom is -0.331 e. The van der Waals surface area contributed by atoms with Crippen LogP contribution in [0.25, 0.3) is 0 Å². The molecule has 0 saturated carbocycles. The zero-order chi connectivity index (χ0) is 15.8. The summed E-state index contributed by atoms with van der Waals surface area (Å²) in [5.41, 5.74) is 1.64. The third-order valence-electron chi connectivity index (χ3n) is 3.34. The van der Waals surface area contributed by atoms with Crippen LogP contribution >= 0.6 is 11.3 Å². The molecule has 2 heterocycles. The van der Waals surface area contributed by atoms with Gasteiger partial charge in [0, 0.05) is 18.8 Å². The quantitative estimate of drug-likeness (QED) is 0.721. The van der Waals surface area contributed by atoms with E-state index < -0.39 is 0 Å². The fraction of sp³-hybridized carbons (Fsp3) is 0.467.